The molecule has 122 valence electrons. The number of anilines is 1. The second-order valence-electron chi connectivity index (χ2n) is 6.27. The van der Waals surface area contributed by atoms with Gasteiger partial charge >= 0.3 is 0 Å². The lowest BCUT2D eigenvalue weighted by Crippen LogP contribution is -2.41. The third-order valence-electron chi connectivity index (χ3n) is 4.07. The smallest absolute Gasteiger partial charge is 0.231 e. The van der Waals surface area contributed by atoms with Crippen molar-refractivity contribution >= 4 is 23.0 Å². The van der Waals surface area contributed by atoms with Gasteiger partial charge in [-0.25, -0.2) is 0 Å². The molecule has 1 atom stereocenters. The van der Waals surface area contributed by atoms with Crippen LogP contribution in [0.4, 0.5) is 5.69 Å². The first-order chi connectivity index (χ1) is 11.0. The van der Waals surface area contributed by atoms with Crippen molar-refractivity contribution < 1.29 is 4.52 Å². The fourth-order valence-electron chi connectivity index (χ4n) is 3.09. The first kappa shape index (κ1) is 15.9. The van der Waals surface area contributed by atoms with Crippen molar-refractivity contribution in [2.75, 3.05) is 18.4 Å². The van der Waals surface area contributed by atoms with Gasteiger partial charge in [0.2, 0.25) is 5.89 Å². The Morgan fingerprint density at radius 3 is 2.65 bits per heavy atom. The second kappa shape index (κ2) is 6.66. The normalized spacial score (nSPS) is 18.0. The molecule has 1 fully saturated rings. The Morgan fingerprint density at radius 1 is 1.26 bits per heavy atom. The minimum atomic E-state index is 0.254. The highest BCUT2D eigenvalue weighted by Gasteiger charge is 2.27. The standard InChI is InChI=1S/C17H22N4OS/c1-11-7-12(2)9-15(8-11)19-17(23)21-6-4-5-14(10-21)16-18-13(3)20-22-16/h7-9,14H,4-6,10H2,1-3H3,(H,19,23)/t14-/m0/s1. The predicted octanol–water partition coefficient (Wildman–Crippen LogP) is 3.57. The van der Waals surface area contributed by atoms with E-state index < -0.39 is 0 Å². The van der Waals surface area contributed by atoms with Gasteiger partial charge in [-0.3, -0.25) is 0 Å². The van der Waals surface area contributed by atoms with Crippen LogP contribution in [0, 0.1) is 20.8 Å². The van der Waals surface area contributed by atoms with E-state index in [-0.39, 0.29) is 5.92 Å². The van der Waals surface area contributed by atoms with Crippen LogP contribution in [0.1, 0.15) is 41.6 Å². The van der Waals surface area contributed by atoms with E-state index in [4.69, 9.17) is 16.7 Å². The number of nitrogens with zero attached hydrogens (tertiary/aromatic N) is 3. The molecule has 0 bridgehead atoms. The summed E-state index contributed by atoms with van der Waals surface area (Å²) in [5.41, 5.74) is 3.50. The van der Waals surface area contributed by atoms with Crippen molar-refractivity contribution in [1.82, 2.24) is 15.0 Å². The van der Waals surface area contributed by atoms with Crippen LogP contribution in [0.25, 0.3) is 0 Å². The highest BCUT2D eigenvalue weighted by molar-refractivity contribution is 7.80. The summed E-state index contributed by atoms with van der Waals surface area (Å²) in [6.45, 7) is 7.81. The summed E-state index contributed by atoms with van der Waals surface area (Å²) in [6, 6.07) is 6.38. The van der Waals surface area contributed by atoms with E-state index in [0.717, 1.165) is 42.6 Å². The van der Waals surface area contributed by atoms with Crippen LogP contribution in [0.3, 0.4) is 0 Å². The van der Waals surface area contributed by atoms with E-state index in [1.807, 2.05) is 6.92 Å². The van der Waals surface area contributed by atoms with Gasteiger partial charge in [0.15, 0.2) is 10.9 Å². The maximum absolute atomic E-state index is 5.60. The summed E-state index contributed by atoms with van der Waals surface area (Å²) in [6.07, 6.45) is 2.13. The third kappa shape index (κ3) is 3.88. The van der Waals surface area contributed by atoms with Gasteiger partial charge in [-0.1, -0.05) is 11.2 Å². The first-order valence-electron chi connectivity index (χ1n) is 7.95. The lowest BCUT2D eigenvalue weighted by Gasteiger charge is -2.33. The lowest BCUT2D eigenvalue weighted by atomic mass is 9.98. The lowest BCUT2D eigenvalue weighted by molar-refractivity contribution is 0.261. The van der Waals surface area contributed by atoms with Gasteiger partial charge in [0.1, 0.15) is 0 Å². The Balaban J connectivity index is 1.67. The quantitative estimate of drug-likeness (QED) is 0.850. The molecular weight excluding hydrogens is 308 g/mol. The van der Waals surface area contributed by atoms with Crippen molar-refractivity contribution in [2.24, 2.45) is 0 Å². The average Bonchev–Trinajstić information content (AvgIpc) is 2.93. The first-order valence-corrected chi connectivity index (χ1v) is 8.36. The molecule has 1 saturated heterocycles. The molecule has 0 saturated carbocycles. The summed E-state index contributed by atoms with van der Waals surface area (Å²) < 4.78 is 5.33. The van der Waals surface area contributed by atoms with E-state index in [9.17, 15) is 0 Å². The summed E-state index contributed by atoms with van der Waals surface area (Å²) in [5.74, 6) is 1.67. The minimum absolute atomic E-state index is 0.254. The zero-order valence-corrected chi connectivity index (χ0v) is 14.6. The minimum Gasteiger partial charge on any atom is -0.348 e. The number of aromatic nitrogens is 2. The Morgan fingerprint density at radius 2 is 2.00 bits per heavy atom. The summed E-state index contributed by atoms with van der Waals surface area (Å²) >= 11 is 5.60. The van der Waals surface area contributed by atoms with Gasteiger partial charge in [0.05, 0.1) is 5.92 Å². The molecule has 5 nitrogen and oxygen atoms in total. The van der Waals surface area contributed by atoms with E-state index in [1.54, 1.807) is 0 Å². The van der Waals surface area contributed by atoms with Gasteiger partial charge in [-0.2, -0.15) is 4.98 Å². The van der Waals surface area contributed by atoms with Crippen LogP contribution in [0.2, 0.25) is 0 Å². The monoisotopic (exact) mass is 330 g/mol. The summed E-state index contributed by atoms with van der Waals surface area (Å²) in [7, 11) is 0. The van der Waals surface area contributed by atoms with E-state index in [1.165, 1.54) is 11.1 Å². The van der Waals surface area contributed by atoms with Crippen LogP contribution in [-0.4, -0.2) is 33.2 Å². The highest BCUT2D eigenvalue weighted by atomic mass is 32.1. The third-order valence-corrected chi connectivity index (χ3v) is 4.43. The average molecular weight is 330 g/mol. The maximum Gasteiger partial charge on any atom is 0.231 e. The van der Waals surface area contributed by atoms with E-state index >= 15 is 0 Å². The molecule has 1 aromatic heterocycles. The van der Waals surface area contributed by atoms with Crippen LogP contribution < -0.4 is 5.32 Å². The van der Waals surface area contributed by atoms with E-state index in [2.05, 4.69) is 52.4 Å². The van der Waals surface area contributed by atoms with Crippen LogP contribution in [-0.2, 0) is 0 Å². The number of thiocarbonyl (C=S) groups is 1. The molecule has 1 N–H and O–H groups in total. The number of hydrogen-bond donors (Lipinski definition) is 1. The molecule has 1 aromatic carbocycles. The molecule has 0 radical (unpaired) electrons. The van der Waals surface area contributed by atoms with Crippen molar-refractivity contribution in [3.8, 4) is 0 Å². The number of hydrogen-bond acceptors (Lipinski definition) is 4. The van der Waals surface area contributed by atoms with Crippen molar-refractivity contribution in [2.45, 2.75) is 39.5 Å². The van der Waals surface area contributed by atoms with Gasteiger partial charge in [0, 0.05) is 18.8 Å². The molecule has 0 unspecified atom stereocenters. The zero-order chi connectivity index (χ0) is 16.4. The molecule has 2 aromatic rings. The largest absolute Gasteiger partial charge is 0.348 e. The van der Waals surface area contributed by atoms with Crippen LogP contribution in [0.15, 0.2) is 22.7 Å². The van der Waals surface area contributed by atoms with Gasteiger partial charge in [-0.05, 0) is 69.1 Å². The zero-order valence-electron chi connectivity index (χ0n) is 13.8. The predicted molar refractivity (Wildman–Crippen MR) is 94.7 cm³/mol. The maximum atomic E-state index is 5.60. The number of aryl methyl sites for hydroxylation is 3. The van der Waals surface area contributed by atoms with Crippen LogP contribution >= 0.6 is 12.2 Å². The molecule has 0 aliphatic carbocycles. The molecule has 1 aliphatic rings. The van der Waals surface area contributed by atoms with Crippen molar-refractivity contribution in [3.63, 3.8) is 0 Å². The molecule has 6 heteroatoms. The SMILES string of the molecule is Cc1cc(C)cc(NC(=S)N2CCC[C@H](c3nc(C)no3)C2)c1. The Kier molecular flexibility index (Phi) is 4.61. The Labute approximate surface area is 142 Å². The summed E-state index contributed by atoms with van der Waals surface area (Å²) in [4.78, 5) is 6.56. The van der Waals surface area contributed by atoms with Crippen molar-refractivity contribution in [3.05, 3.63) is 41.0 Å². The molecule has 2 heterocycles. The van der Waals surface area contributed by atoms with Gasteiger partial charge < -0.3 is 14.7 Å². The fourth-order valence-corrected chi connectivity index (χ4v) is 3.38. The van der Waals surface area contributed by atoms with E-state index in [0.29, 0.717) is 5.82 Å². The Hall–Kier alpha value is -1.95. The molecule has 0 amide bonds. The second-order valence-corrected chi connectivity index (χ2v) is 6.66. The molecule has 0 spiro atoms. The highest BCUT2D eigenvalue weighted by Crippen LogP contribution is 2.26. The molecule has 23 heavy (non-hydrogen) atoms. The van der Waals surface area contributed by atoms with Gasteiger partial charge in [-0.15, -0.1) is 0 Å². The van der Waals surface area contributed by atoms with Crippen molar-refractivity contribution in [1.29, 1.82) is 0 Å². The number of rotatable bonds is 2. The molecule has 1 aliphatic heterocycles. The Bertz CT molecular complexity index is 692. The van der Waals surface area contributed by atoms with Gasteiger partial charge in [0.25, 0.3) is 0 Å². The van der Waals surface area contributed by atoms with Crippen LogP contribution in [0.5, 0.6) is 0 Å². The fraction of sp³-hybridized carbons (Fsp3) is 0.471. The summed E-state index contributed by atoms with van der Waals surface area (Å²) in [5, 5.41) is 8.02. The molecular formula is C17H22N4OS. The number of benzene rings is 1. The number of piperidine rings is 1. The topological polar surface area (TPSA) is 54.2 Å². The number of likely N-dealkylation sites (tertiary alicyclic amines) is 1. The molecule has 3 rings (SSSR count). The number of nitrogens with one attached hydrogen (secondary N) is 1.